The van der Waals surface area contributed by atoms with Crippen molar-refractivity contribution in [2.75, 3.05) is 5.73 Å². The predicted molar refractivity (Wildman–Crippen MR) is 103 cm³/mol. The third-order valence-corrected chi connectivity index (χ3v) is 4.41. The van der Waals surface area contributed by atoms with E-state index < -0.39 is 0 Å². The van der Waals surface area contributed by atoms with Crippen LogP contribution in [0.2, 0.25) is 15.1 Å². The lowest BCUT2D eigenvalue weighted by Gasteiger charge is -2.13. The summed E-state index contributed by atoms with van der Waals surface area (Å²) in [5.41, 5.74) is 8.53. The molecule has 0 unspecified atom stereocenters. The Kier molecular flexibility index (Phi) is 5.19. The Balaban J connectivity index is 2.00. The summed E-state index contributed by atoms with van der Waals surface area (Å²) in [5.74, 6) is 0.747. The fourth-order valence-electron chi connectivity index (χ4n) is 2.33. The number of anilines is 1. The zero-order valence-corrected chi connectivity index (χ0v) is 15.1. The highest BCUT2D eigenvalue weighted by molar-refractivity contribution is 6.34. The van der Waals surface area contributed by atoms with Gasteiger partial charge in [0.2, 0.25) is 0 Å². The Bertz CT molecular complexity index is 957. The van der Waals surface area contributed by atoms with E-state index in [0.29, 0.717) is 43.4 Å². The highest BCUT2D eigenvalue weighted by Gasteiger charge is 2.12. The minimum absolute atomic E-state index is 0.365. The summed E-state index contributed by atoms with van der Waals surface area (Å²) in [4.78, 5) is 11.0. The first-order chi connectivity index (χ1) is 12.0. The van der Waals surface area contributed by atoms with Crippen LogP contribution >= 0.6 is 34.8 Å². The largest absolute Gasteiger partial charge is 0.454 e. The molecule has 3 aromatic rings. The van der Waals surface area contributed by atoms with E-state index in [0.717, 1.165) is 11.8 Å². The number of nitrogens with two attached hydrogens (primary N) is 1. The van der Waals surface area contributed by atoms with Crippen molar-refractivity contribution in [3.8, 4) is 22.6 Å². The van der Waals surface area contributed by atoms with Gasteiger partial charge < -0.3 is 10.5 Å². The number of hydrogen-bond acceptors (Lipinski definition) is 3. The van der Waals surface area contributed by atoms with Crippen LogP contribution in [0.4, 0.5) is 5.69 Å². The van der Waals surface area contributed by atoms with Gasteiger partial charge in [0, 0.05) is 28.3 Å². The van der Waals surface area contributed by atoms with E-state index in [2.05, 4.69) is 0 Å². The van der Waals surface area contributed by atoms with E-state index in [1.54, 1.807) is 48.5 Å². The van der Waals surface area contributed by atoms with E-state index in [9.17, 15) is 4.79 Å². The minimum Gasteiger partial charge on any atom is -0.454 e. The molecule has 2 N–H and O–H groups in total. The van der Waals surface area contributed by atoms with Gasteiger partial charge in [0.25, 0.3) is 0 Å². The van der Waals surface area contributed by atoms with Crippen LogP contribution in [0, 0.1) is 0 Å². The number of hydrogen-bond donors (Lipinski definition) is 1. The van der Waals surface area contributed by atoms with Crippen molar-refractivity contribution in [2.45, 2.75) is 0 Å². The van der Waals surface area contributed by atoms with Gasteiger partial charge in [-0.15, -0.1) is 0 Å². The van der Waals surface area contributed by atoms with Gasteiger partial charge >= 0.3 is 0 Å². The Labute approximate surface area is 159 Å². The van der Waals surface area contributed by atoms with Gasteiger partial charge in [-0.3, -0.25) is 4.79 Å². The molecular weight excluding hydrogens is 381 g/mol. The van der Waals surface area contributed by atoms with Crippen molar-refractivity contribution in [2.24, 2.45) is 0 Å². The van der Waals surface area contributed by atoms with Gasteiger partial charge in [-0.25, -0.2) is 0 Å². The van der Waals surface area contributed by atoms with Crippen LogP contribution in [0.3, 0.4) is 0 Å². The predicted octanol–water partition coefficient (Wildman–Crippen LogP) is 6.50. The number of carbonyl (C=O) groups is 1. The van der Waals surface area contributed by atoms with Gasteiger partial charge in [0.05, 0.1) is 15.7 Å². The SMILES string of the molecule is Nc1cc(-c2cccc(C=O)c2)c(Cl)cc1Oc1cc(Cl)ccc1Cl. The highest BCUT2D eigenvalue weighted by atomic mass is 35.5. The number of aldehydes is 1. The highest BCUT2D eigenvalue weighted by Crippen LogP contribution is 2.39. The number of rotatable bonds is 4. The molecule has 0 aliphatic heterocycles. The van der Waals surface area contributed by atoms with E-state index in [-0.39, 0.29) is 0 Å². The second kappa shape index (κ2) is 7.36. The number of ether oxygens (including phenoxy) is 1. The lowest BCUT2D eigenvalue weighted by Crippen LogP contribution is -1.95. The first kappa shape index (κ1) is 17.6. The standard InChI is InChI=1S/C19H12Cl3NO2/c20-13-4-5-15(21)18(7-13)25-19-9-16(22)14(8-17(19)23)12-3-1-2-11(6-12)10-24/h1-10H,23H2. The number of carbonyl (C=O) groups excluding carboxylic acids is 1. The van der Waals surface area contributed by atoms with Gasteiger partial charge in [-0.1, -0.05) is 53.0 Å². The lowest BCUT2D eigenvalue weighted by atomic mass is 10.0. The summed E-state index contributed by atoms with van der Waals surface area (Å²) in [6.45, 7) is 0. The smallest absolute Gasteiger partial charge is 0.151 e. The molecule has 0 bridgehead atoms. The maximum atomic E-state index is 11.0. The normalized spacial score (nSPS) is 10.5. The molecule has 0 aliphatic carbocycles. The molecule has 0 saturated carbocycles. The summed E-state index contributed by atoms with van der Waals surface area (Å²) < 4.78 is 5.76. The van der Waals surface area contributed by atoms with E-state index in [1.807, 2.05) is 6.07 Å². The first-order valence-electron chi connectivity index (χ1n) is 7.25. The Morgan fingerprint density at radius 2 is 1.68 bits per heavy atom. The molecule has 0 amide bonds. The molecule has 0 heterocycles. The van der Waals surface area contributed by atoms with Crippen molar-refractivity contribution in [3.05, 3.63) is 75.2 Å². The fourth-order valence-corrected chi connectivity index (χ4v) is 2.92. The van der Waals surface area contributed by atoms with Crippen molar-refractivity contribution in [1.82, 2.24) is 0 Å². The molecule has 0 fully saturated rings. The molecule has 0 aromatic heterocycles. The van der Waals surface area contributed by atoms with Crippen molar-refractivity contribution < 1.29 is 9.53 Å². The third-order valence-electron chi connectivity index (χ3n) is 3.55. The monoisotopic (exact) mass is 391 g/mol. The Morgan fingerprint density at radius 1 is 0.880 bits per heavy atom. The number of halogens is 3. The third kappa shape index (κ3) is 3.90. The molecule has 25 heavy (non-hydrogen) atoms. The van der Waals surface area contributed by atoms with Gasteiger partial charge in [0.15, 0.2) is 5.75 Å². The second-order valence-corrected chi connectivity index (χ2v) is 6.54. The van der Waals surface area contributed by atoms with E-state index >= 15 is 0 Å². The molecule has 3 aromatic carbocycles. The minimum atomic E-state index is 0.365. The van der Waals surface area contributed by atoms with Crippen molar-refractivity contribution >= 4 is 46.8 Å². The maximum Gasteiger partial charge on any atom is 0.151 e. The van der Waals surface area contributed by atoms with Crippen molar-refractivity contribution in [3.63, 3.8) is 0 Å². The van der Waals surface area contributed by atoms with Crippen LogP contribution in [-0.2, 0) is 0 Å². The molecule has 3 nitrogen and oxygen atoms in total. The van der Waals surface area contributed by atoms with E-state index in [1.165, 1.54) is 0 Å². The van der Waals surface area contributed by atoms with Crippen LogP contribution in [-0.4, -0.2) is 6.29 Å². The molecule has 3 rings (SSSR count). The van der Waals surface area contributed by atoms with Crippen LogP contribution < -0.4 is 10.5 Å². The topological polar surface area (TPSA) is 52.3 Å². The molecule has 0 atom stereocenters. The molecule has 0 saturated heterocycles. The molecular formula is C19H12Cl3NO2. The Morgan fingerprint density at radius 3 is 2.44 bits per heavy atom. The lowest BCUT2D eigenvalue weighted by molar-refractivity contribution is 0.112. The first-order valence-corrected chi connectivity index (χ1v) is 8.39. The van der Waals surface area contributed by atoms with Gasteiger partial charge in [0.1, 0.15) is 12.0 Å². The number of nitrogen functional groups attached to an aromatic ring is 1. The summed E-state index contributed by atoms with van der Waals surface area (Å²) >= 11 is 18.5. The van der Waals surface area contributed by atoms with E-state index in [4.69, 9.17) is 45.3 Å². The van der Waals surface area contributed by atoms with Crippen LogP contribution in [0.5, 0.6) is 11.5 Å². The molecule has 0 spiro atoms. The molecule has 0 aliphatic rings. The van der Waals surface area contributed by atoms with Crippen molar-refractivity contribution in [1.29, 1.82) is 0 Å². The fraction of sp³-hybridized carbons (Fsp3) is 0. The van der Waals surface area contributed by atoms with Crippen LogP contribution in [0.15, 0.2) is 54.6 Å². The van der Waals surface area contributed by atoms with Crippen LogP contribution in [0.25, 0.3) is 11.1 Å². The summed E-state index contributed by atoms with van der Waals surface area (Å²) in [6, 6.07) is 15.3. The molecule has 126 valence electrons. The average Bonchev–Trinajstić information content (AvgIpc) is 2.61. The average molecular weight is 393 g/mol. The summed E-state index contributed by atoms with van der Waals surface area (Å²) in [5, 5.41) is 1.33. The summed E-state index contributed by atoms with van der Waals surface area (Å²) in [6.07, 6.45) is 0.777. The second-order valence-electron chi connectivity index (χ2n) is 5.29. The number of benzene rings is 3. The molecule has 6 heteroatoms. The quantitative estimate of drug-likeness (QED) is 0.407. The van der Waals surface area contributed by atoms with Gasteiger partial charge in [-0.05, 0) is 29.8 Å². The van der Waals surface area contributed by atoms with Crippen LogP contribution in [0.1, 0.15) is 10.4 Å². The Hall–Kier alpha value is -2.20. The molecule has 0 radical (unpaired) electrons. The summed E-state index contributed by atoms with van der Waals surface area (Å²) in [7, 11) is 0. The maximum absolute atomic E-state index is 11.0. The zero-order valence-electron chi connectivity index (χ0n) is 12.8. The van der Waals surface area contributed by atoms with Gasteiger partial charge in [-0.2, -0.15) is 0 Å². The zero-order chi connectivity index (χ0) is 18.0.